The minimum atomic E-state index is -3.64. The Morgan fingerprint density at radius 3 is 2.85 bits per heavy atom. The Morgan fingerprint density at radius 2 is 2.08 bits per heavy atom. The topological polar surface area (TPSA) is 145 Å². The van der Waals surface area contributed by atoms with Gasteiger partial charge in [-0.1, -0.05) is 36.7 Å². The smallest absolute Gasteiger partial charge is 0.286 e. The minimum absolute atomic E-state index is 0.0686. The Bertz CT molecular complexity index is 2030. The van der Waals surface area contributed by atoms with Gasteiger partial charge in [0.2, 0.25) is 5.88 Å². The van der Waals surface area contributed by atoms with Crippen LogP contribution in [0.5, 0.6) is 11.6 Å². The van der Waals surface area contributed by atoms with Crippen LogP contribution in [0.1, 0.15) is 70.9 Å². The molecule has 4 aliphatic rings. The number of fused-ring (bicyclic) bond motifs is 4. The molecule has 2 aliphatic carbocycles. The summed E-state index contributed by atoms with van der Waals surface area (Å²) in [5, 5.41) is 14.5. The van der Waals surface area contributed by atoms with Crippen LogP contribution in [-0.2, 0) is 33.5 Å². The molecule has 1 unspecified atom stereocenters. The van der Waals surface area contributed by atoms with Gasteiger partial charge in [-0.05, 0) is 97.7 Å². The monoisotopic (exact) mass is 765 g/mol. The van der Waals surface area contributed by atoms with Crippen molar-refractivity contribution in [3.8, 4) is 11.6 Å². The molecule has 53 heavy (non-hydrogen) atoms. The van der Waals surface area contributed by atoms with E-state index in [-0.39, 0.29) is 59.3 Å². The van der Waals surface area contributed by atoms with Gasteiger partial charge in [0.25, 0.3) is 11.8 Å². The van der Waals surface area contributed by atoms with Crippen LogP contribution >= 0.6 is 11.6 Å². The maximum absolute atomic E-state index is 14.6. The normalized spacial score (nSPS) is 29.1. The summed E-state index contributed by atoms with van der Waals surface area (Å²) in [6, 6.07) is 11.4. The van der Waals surface area contributed by atoms with E-state index >= 15 is 0 Å². The van der Waals surface area contributed by atoms with Crippen molar-refractivity contribution in [3.05, 3.63) is 82.0 Å². The Hall–Kier alpha value is -3.91. The second kappa shape index (κ2) is 15.4. The highest BCUT2D eigenvalue weighted by Crippen LogP contribution is 2.47. The number of carbonyl (C=O) groups is 2. The number of methoxy groups -OCH3 is 1. The van der Waals surface area contributed by atoms with Crippen molar-refractivity contribution in [1.29, 1.82) is 0 Å². The third kappa shape index (κ3) is 7.85. The molecule has 3 heterocycles. The molecule has 0 radical (unpaired) electrons. The first-order chi connectivity index (χ1) is 25.5. The third-order valence-corrected chi connectivity index (χ3v) is 13.4. The summed E-state index contributed by atoms with van der Waals surface area (Å²) in [6.45, 7) is 3.90. The first-order valence-electron chi connectivity index (χ1n) is 18.4. The number of nitrogens with zero attached hydrogens (tertiary/aromatic N) is 4. The summed E-state index contributed by atoms with van der Waals surface area (Å²) < 4.78 is 41.1. The van der Waals surface area contributed by atoms with E-state index in [4.69, 9.17) is 25.8 Å². The van der Waals surface area contributed by atoms with Crippen molar-refractivity contribution in [2.45, 2.75) is 57.0 Å². The van der Waals surface area contributed by atoms with Crippen molar-refractivity contribution in [2.75, 3.05) is 50.7 Å². The predicted octanol–water partition coefficient (Wildman–Crippen LogP) is 5.51. The molecule has 6 atom stereocenters. The van der Waals surface area contributed by atoms with Crippen LogP contribution in [-0.4, -0.2) is 82.8 Å². The highest BCUT2D eigenvalue weighted by molar-refractivity contribution is 7.92. The second-order valence-corrected chi connectivity index (χ2v) is 17.4. The maximum atomic E-state index is 14.6. The van der Waals surface area contributed by atoms with Crippen molar-refractivity contribution in [3.63, 3.8) is 0 Å². The van der Waals surface area contributed by atoms with Crippen LogP contribution < -0.4 is 19.1 Å². The zero-order chi connectivity index (χ0) is 37.3. The number of aliphatic hydroxyl groups excluding tert-OH is 1. The van der Waals surface area contributed by atoms with Gasteiger partial charge >= 0.3 is 0 Å². The number of anilines is 1. The quantitative estimate of drug-likeness (QED) is 0.311. The lowest BCUT2D eigenvalue weighted by molar-refractivity contribution is -0.0258. The molecule has 284 valence electrons. The van der Waals surface area contributed by atoms with E-state index < -0.39 is 21.7 Å². The first-order valence-corrected chi connectivity index (χ1v) is 20.4. The fourth-order valence-electron chi connectivity index (χ4n) is 8.46. The van der Waals surface area contributed by atoms with Gasteiger partial charge < -0.3 is 24.2 Å². The molecule has 7 rings (SSSR count). The molecule has 0 saturated heterocycles. The third-order valence-electron chi connectivity index (χ3n) is 11.1. The number of amides is 2. The lowest BCUT2D eigenvalue weighted by Gasteiger charge is -2.46. The van der Waals surface area contributed by atoms with Crippen LogP contribution in [0.25, 0.3) is 0 Å². The number of halogens is 1. The SMILES string of the molecule is COc1nn(C)cc1C(=O)NS1(=O)=NC(=O)c2ccc3c(c2)N(C[C@@H]2CC[C@H]2[C@@H](OCCO)/C=C/C[C@H](C)C1)C[C@@]1(CCCc2cc(Cl)ccc21)CO3. The fourth-order valence-corrected chi connectivity index (χ4v) is 10.5. The van der Waals surface area contributed by atoms with E-state index in [1.807, 2.05) is 19.1 Å². The summed E-state index contributed by atoms with van der Waals surface area (Å²) in [6.07, 6.45) is 10.7. The molecule has 2 aromatic carbocycles. The summed E-state index contributed by atoms with van der Waals surface area (Å²) in [5.41, 5.74) is 3.28. The van der Waals surface area contributed by atoms with Gasteiger partial charge in [0, 0.05) is 42.3 Å². The summed E-state index contributed by atoms with van der Waals surface area (Å²) in [4.78, 5) is 29.9. The van der Waals surface area contributed by atoms with Crippen LogP contribution in [0.15, 0.2) is 59.1 Å². The first kappa shape index (κ1) is 37.4. The molecule has 1 fully saturated rings. The van der Waals surface area contributed by atoms with Crippen LogP contribution in [0.4, 0.5) is 5.69 Å². The van der Waals surface area contributed by atoms with Crippen molar-refractivity contribution >= 4 is 39.0 Å². The van der Waals surface area contributed by atoms with Gasteiger partial charge in [-0.25, -0.2) is 4.21 Å². The number of hydrogen-bond donors (Lipinski definition) is 2. The Labute approximate surface area is 316 Å². The summed E-state index contributed by atoms with van der Waals surface area (Å²) in [7, 11) is -0.594. The van der Waals surface area contributed by atoms with Crippen molar-refractivity contribution < 1.29 is 33.1 Å². The van der Waals surface area contributed by atoms with E-state index in [1.54, 1.807) is 25.2 Å². The lowest BCUT2D eigenvalue weighted by atomic mass is 9.68. The Kier molecular flexibility index (Phi) is 10.9. The molecule has 2 bridgehead atoms. The van der Waals surface area contributed by atoms with E-state index in [0.717, 1.165) is 42.8 Å². The van der Waals surface area contributed by atoms with Crippen LogP contribution in [0, 0.1) is 17.8 Å². The number of hydrogen-bond acceptors (Lipinski definition) is 9. The number of ether oxygens (including phenoxy) is 3. The van der Waals surface area contributed by atoms with E-state index in [0.29, 0.717) is 37.8 Å². The standard InChI is InChI=1S/C39H48ClN5O7S/c1-25-6-4-8-34(51-17-16-46)30-12-9-28(30)20-45-23-39(15-5-7-26-18-29(40)11-13-32(26)39)24-52-35-14-10-27(19-33(35)45)36(47)42-53(49,22-25)43-37(48)31-21-44(2)41-38(31)50-3/h4,8,10-11,13-14,18-19,21,25,28,30,34,46H,5-7,9,12,15-17,20,22-24H2,1-3H3,(H,42,43,47,48,49)/b8-4+/t25-,28-,30+,34-,39-,53?/m0/s1. The highest BCUT2D eigenvalue weighted by Gasteiger charge is 2.44. The largest absolute Gasteiger partial charge is 0.490 e. The van der Waals surface area contributed by atoms with Gasteiger partial charge in [0.15, 0.2) is 0 Å². The van der Waals surface area contributed by atoms with Crippen LogP contribution in [0.2, 0.25) is 5.02 Å². The molecule has 2 amide bonds. The molecular formula is C39H48ClN5O7S. The molecule has 1 aromatic heterocycles. The number of benzene rings is 2. The van der Waals surface area contributed by atoms with E-state index in [1.165, 1.54) is 29.1 Å². The number of nitrogens with one attached hydrogen (secondary N) is 1. The Balaban J connectivity index is 1.31. The van der Waals surface area contributed by atoms with Gasteiger partial charge in [0.1, 0.15) is 21.2 Å². The summed E-state index contributed by atoms with van der Waals surface area (Å²) >= 11 is 6.46. The van der Waals surface area contributed by atoms with E-state index in [9.17, 15) is 18.9 Å². The number of carbonyl (C=O) groups excluding carboxylic acids is 2. The number of allylic oxidation sites excluding steroid dienone is 1. The zero-order valence-electron chi connectivity index (χ0n) is 30.5. The average molecular weight is 766 g/mol. The lowest BCUT2D eigenvalue weighted by Crippen LogP contribution is -2.49. The fraction of sp³-hybridized carbons (Fsp3) is 0.513. The molecule has 12 nitrogen and oxygen atoms in total. The number of aromatic nitrogens is 2. The van der Waals surface area contributed by atoms with Gasteiger partial charge in [-0.15, -0.1) is 9.46 Å². The van der Waals surface area contributed by atoms with Gasteiger partial charge in [-0.2, -0.15) is 0 Å². The molecule has 14 heteroatoms. The second-order valence-electron chi connectivity index (χ2n) is 15.0. The summed E-state index contributed by atoms with van der Waals surface area (Å²) in [5.74, 6) is -0.445. The number of aliphatic hydroxyl groups is 1. The number of rotatable bonds is 6. The molecule has 1 spiro atoms. The number of aryl methyl sites for hydroxylation is 2. The van der Waals surface area contributed by atoms with Crippen molar-refractivity contribution in [1.82, 2.24) is 14.5 Å². The molecule has 2 aliphatic heterocycles. The zero-order valence-corrected chi connectivity index (χ0v) is 32.0. The average Bonchev–Trinajstić information content (AvgIpc) is 3.43. The van der Waals surface area contributed by atoms with Crippen LogP contribution in [0.3, 0.4) is 0 Å². The predicted molar refractivity (Wildman–Crippen MR) is 203 cm³/mol. The minimum Gasteiger partial charge on any atom is -0.490 e. The Morgan fingerprint density at radius 1 is 1.23 bits per heavy atom. The molecule has 2 N–H and O–H groups in total. The van der Waals surface area contributed by atoms with Crippen molar-refractivity contribution in [2.24, 2.45) is 29.2 Å². The molecule has 3 aromatic rings. The highest BCUT2D eigenvalue weighted by atomic mass is 35.5. The van der Waals surface area contributed by atoms with Gasteiger partial charge in [-0.3, -0.25) is 19.0 Å². The van der Waals surface area contributed by atoms with E-state index in [2.05, 4.69) is 37.3 Å². The maximum Gasteiger partial charge on any atom is 0.286 e. The van der Waals surface area contributed by atoms with Gasteiger partial charge in [0.05, 0.1) is 44.5 Å². The molecule has 1 saturated carbocycles. The molecular weight excluding hydrogens is 718 g/mol.